The molecule has 0 aliphatic carbocycles. The maximum Gasteiger partial charge on any atom is 0.261 e. The van der Waals surface area contributed by atoms with Crippen LogP contribution in [0.15, 0.2) is 58.1 Å². The molecular weight excluding hydrogens is 422 g/mol. The summed E-state index contributed by atoms with van der Waals surface area (Å²) < 4.78 is 7.86. The second-order valence-electron chi connectivity index (χ2n) is 6.57. The van der Waals surface area contributed by atoms with Crippen LogP contribution in [0, 0.1) is 0 Å². The van der Waals surface area contributed by atoms with Crippen molar-refractivity contribution in [3.63, 3.8) is 0 Å². The monoisotopic (exact) mass is 443 g/mol. The van der Waals surface area contributed by atoms with Crippen LogP contribution in [-0.4, -0.2) is 34.5 Å². The lowest BCUT2D eigenvalue weighted by molar-refractivity contribution is -0.130. The Labute approximate surface area is 171 Å². The van der Waals surface area contributed by atoms with Crippen molar-refractivity contribution >= 4 is 32.7 Å². The molecule has 0 aliphatic rings. The molecule has 7 heteroatoms. The van der Waals surface area contributed by atoms with Crippen molar-refractivity contribution in [1.29, 1.82) is 0 Å². The maximum absolute atomic E-state index is 12.5. The summed E-state index contributed by atoms with van der Waals surface area (Å²) in [5.41, 5.74) is 1.54. The normalized spacial score (nSPS) is 10.8. The summed E-state index contributed by atoms with van der Waals surface area (Å²) in [5, 5.41) is 0.593. The van der Waals surface area contributed by atoms with Crippen molar-refractivity contribution in [1.82, 2.24) is 14.5 Å². The van der Waals surface area contributed by atoms with Crippen LogP contribution < -0.4 is 10.3 Å². The maximum atomic E-state index is 12.5. The average molecular weight is 444 g/mol. The highest BCUT2D eigenvalue weighted by molar-refractivity contribution is 9.10. The number of amides is 1. The topological polar surface area (TPSA) is 64.4 Å². The van der Waals surface area contributed by atoms with Crippen LogP contribution in [0.5, 0.6) is 5.75 Å². The van der Waals surface area contributed by atoms with E-state index in [9.17, 15) is 9.59 Å². The van der Waals surface area contributed by atoms with E-state index in [0.717, 1.165) is 15.8 Å². The number of fused-ring (bicyclic) bond motifs is 1. The number of hydrogen-bond acceptors (Lipinski definition) is 4. The second-order valence-corrected chi connectivity index (χ2v) is 7.49. The molecule has 0 spiro atoms. The van der Waals surface area contributed by atoms with Gasteiger partial charge in [0.25, 0.3) is 5.56 Å². The summed E-state index contributed by atoms with van der Waals surface area (Å²) >= 11 is 3.45. The van der Waals surface area contributed by atoms with E-state index in [2.05, 4.69) is 20.9 Å². The zero-order valence-electron chi connectivity index (χ0n) is 15.9. The second kappa shape index (κ2) is 9.01. The summed E-state index contributed by atoms with van der Waals surface area (Å²) in [6, 6.07) is 13.0. The molecule has 146 valence electrons. The lowest BCUT2D eigenvalue weighted by Crippen LogP contribution is -2.27. The summed E-state index contributed by atoms with van der Waals surface area (Å²) in [7, 11) is 3.39. The summed E-state index contributed by atoms with van der Waals surface area (Å²) in [6.07, 6.45) is 2.47. The number of carbonyl (C=O) groups excluding carboxylic acids is 1. The molecule has 0 N–H and O–H groups in total. The van der Waals surface area contributed by atoms with Gasteiger partial charge in [-0.15, -0.1) is 0 Å². The first-order chi connectivity index (χ1) is 13.5. The number of aromatic nitrogens is 2. The molecule has 3 rings (SSSR count). The van der Waals surface area contributed by atoms with Crippen molar-refractivity contribution in [2.24, 2.45) is 0 Å². The van der Waals surface area contributed by atoms with Gasteiger partial charge in [0.05, 0.1) is 24.3 Å². The summed E-state index contributed by atoms with van der Waals surface area (Å²) in [4.78, 5) is 31.0. The Hall–Kier alpha value is -2.67. The summed E-state index contributed by atoms with van der Waals surface area (Å²) in [6.45, 7) is 0.912. The van der Waals surface area contributed by atoms with Gasteiger partial charge in [-0.05, 0) is 36.8 Å². The van der Waals surface area contributed by atoms with Gasteiger partial charge in [0.2, 0.25) is 5.91 Å². The summed E-state index contributed by atoms with van der Waals surface area (Å²) in [5.74, 6) is 0.764. The SMILES string of the molecule is COc1ccc(Br)cc1CN(C)C(=O)CCCn1cnc2ccccc2c1=O. The van der Waals surface area contributed by atoms with E-state index in [-0.39, 0.29) is 11.5 Å². The molecule has 2 aromatic carbocycles. The molecule has 0 saturated carbocycles. The molecule has 0 aliphatic heterocycles. The fraction of sp³-hybridized carbons (Fsp3) is 0.286. The van der Waals surface area contributed by atoms with E-state index in [1.165, 1.54) is 0 Å². The Bertz CT molecular complexity index is 1050. The predicted molar refractivity (Wildman–Crippen MR) is 112 cm³/mol. The van der Waals surface area contributed by atoms with E-state index in [4.69, 9.17) is 4.74 Å². The molecule has 1 amide bonds. The van der Waals surface area contributed by atoms with Gasteiger partial charge in [0.1, 0.15) is 5.75 Å². The van der Waals surface area contributed by atoms with Crippen LogP contribution in [0.2, 0.25) is 0 Å². The van der Waals surface area contributed by atoms with Crippen molar-refractivity contribution in [2.45, 2.75) is 25.9 Å². The Morgan fingerprint density at radius 1 is 1.25 bits per heavy atom. The third kappa shape index (κ3) is 4.59. The van der Waals surface area contributed by atoms with Crippen molar-refractivity contribution < 1.29 is 9.53 Å². The van der Waals surface area contributed by atoms with Crippen molar-refractivity contribution in [2.75, 3.05) is 14.2 Å². The third-order valence-electron chi connectivity index (χ3n) is 4.60. The first-order valence-electron chi connectivity index (χ1n) is 9.00. The van der Waals surface area contributed by atoms with E-state index < -0.39 is 0 Å². The van der Waals surface area contributed by atoms with E-state index in [0.29, 0.717) is 36.8 Å². The smallest absolute Gasteiger partial charge is 0.261 e. The number of methoxy groups -OCH3 is 1. The van der Waals surface area contributed by atoms with Crippen molar-refractivity contribution in [3.8, 4) is 5.75 Å². The Kier molecular flexibility index (Phi) is 6.46. The van der Waals surface area contributed by atoms with E-state index in [1.807, 2.05) is 36.4 Å². The van der Waals surface area contributed by atoms with Gasteiger partial charge < -0.3 is 9.64 Å². The molecule has 28 heavy (non-hydrogen) atoms. The minimum atomic E-state index is -0.0784. The lowest BCUT2D eigenvalue weighted by atomic mass is 10.2. The number of aryl methyl sites for hydroxylation is 1. The van der Waals surface area contributed by atoms with Crippen LogP contribution in [-0.2, 0) is 17.9 Å². The highest BCUT2D eigenvalue weighted by Gasteiger charge is 2.13. The van der Waals surface area contributed by atoms with Crippen LogP contribution >= 0.6 is 15.9 Å². The Morgan fingerprint density at radius 2 is 2.04 bits per heavy atom. The number of nitrogens with zero attached hydrogens (tertiary/aromatic N) is 3. The Balaban J connectivity index is 1.59. The highest BCUT2D eigenvalue weighted by atomic mass is 79.9. The molecule has 0 fully saturated rings. The first-order valence-corrected chi connectivity index (χ1v) is 9.79. The molecule has 1 heterocycles. The number of benzene rings is 2. The van der Waals surface area contributed by atoms with Gasteiger partial charge in [-0.1, -0.05) is 28.1 Å². The number of hydrogen-bond donors (Lipinski definition) is 0. The number of ether oxygens (including phenoxy) is 1. The number of carbonyl (C=O) groups is 1. The van der Waals surface area contributed by atoms with Gasteiger partial charge in [-0.25, -0.2) is 4.98 Å². The molecule has 1 aromatic heterocycles. The largest absolute Gasteiger partial charge is 0.496 e. The molecule has 0 atom stereocenters. The standard InChI is InChI=1S/C21H22BrN3O3/c1-24(13-15-12-16(22)9-10-19(15)28-2)20(26)8-5-11-25-14-23-18-7-4-3-6-17(18)21(25)27/h3-4,6-7,9-10,12,14H,5,8,11,13H2,1-2H3. The first kappa shape index (κ1) is 20.1. The Morgan fingerprint density at radius 3 is 2.82 bits per heavy atom. The average Bonchev–Trinajstić information content (AvgIpc) is 2.70. The minimum Gasteiger partial charge on any atom is -0.496 e. The van der Waals surface area contributed by atoms with E-state index in [1.54, 1.807) is 36.0 Å². The fourth-order valence-electron chi connectivity index (χ4n) is 3.07. The van der Waals surface area contributed by atoms with Crippen LogP contribution in [0.4, 0.5) is 0 Å². The van der Waals surface area contributed by atoms with Gasteiger partial charge in [0, 0.05) is 36.6 Å². The van der Waals surface area contributed by atoms with Gasteiger partial charge in [-0.2, -0.15) is 0 Å². The number of para-hydroxylation sites is 1. The lowest BCUT2D eigenvalue weighted by Gasteiger charge is -2.19. The zero-order chi connectivity index (χ0) is 20.1. The van der Waals surface area contributed by atoms with Crippen LogP contribution in [0.25, 0.3) is 10.9 Å². The van der Waals surface area contributed by atoms with Gasteiger partial charge >= 0.3 is 0 Å². The molecule has 3 aromatic rings. The van der Waals surface area contributed by atoms with Crippen LogP contribution in [0.3, 0.4) is 0 Å². The van der Waals surface area contributed by atoms with Gasteiger partial charge in [-0.3, -0.25) is 14.2 Å². The molecule has 0 saturated heterocycles. The predicted octanol–water partition coefficient (Wildman–Crippen LogP) is 3.61. The molecular formula is C21H22BrN3O3. The van der Waals surface area contributed by atoms with Crippen molar-refractivity contribution in [3.05, 3.63) is 69.2 Å². The molecule has 0 bridgehead atoms. The van der Waals surface area contributed by atoms with E-state index >= 15 is 0 Å². The number of halogens is 1. The number of rotatable bonds is 7. The quantitative estimate of drug-likeness (QED) is 0.559. The molecule has 0 unspecified atom stereocenters. The molecule has 0 radical (unpaired) electrons. The van der Waals surface area contributed by atoms with Crippen LogP contribution in [0.1, 0.15) is 18.4 Å². The molecule has 6 nitrogen and oxygen atoms in total. The third-order valence-corrected chi connectivity index (χ3v) is 5.09. The van der Waals surface area contributed by atoms with Gasteiger partial charge in [0.15, 0.2) is 0 Å². The fourth-order valence-corrected chi connectivity index (χ4v) is 3.48. The minimum absolute atomic E-state index is 0.0174. The zero-order valence-corrected chi connectivity index (χ0v) is 17.5. The highest BCUT2D eigenvalue weighted by Crippen LogP contribution is 2.24.